The Morgan fingerprint density at radius 1 is 0.846 bits per heavy atom. The highest BCUT2D eigenvalue weighted by atomic mass is 31.1. The molecular formula is C25H39P. The van der Waals surface area contributed by atoms with Crippen LogP contribution < -0.4 is 0 Å². The second-order valence-electron chi connectivity index (χ2n) is 8.44. The molecule has 0 aliphatic heterocycles. The Labute approximate surface area is 163 Å². The van der Waals surface area contributed by atoms with Gasteiger partial charge in [-0.2, -0.15) is 0 Å². The second-order valence-corrected chi connectivity index (χ2v) is 11.2. The van der Waals surface area contributed by atoms with Gasteiger partial charge in [0.25, 0.3) is 0 Å². The summed E-state index contributed by atoms with van der Waals surface area (Å²) < 4.78 is 0. The van der Waals surface area contributed by atoms with Crippen molar-refractivity contribution < 1.29 is 0 Å². The summed E-state index contributed by atoms with van der Waals surface area (Å²) in [7, 11) is 0.0770. The summed E-state index contributed by atoms with van der Waals surface area (Å²) in [6.45, 7) is 2.35. The minimum atomic E-state index is 0.0770. The highest BCUT2D eigenvalue weighted by Gasteiger charge is 2.30. The molecule has 1 saturated carbocycles. The summed E-state index contributed by atoms with van der Waals surface area (Å²) in [6.07, 6.45) is 25.6. The van der Waals surface area contributed by atoms with Gasteiger partial charge in [-0.25, -0.2) is 0 Å². The van der Waals surface area contributed by atoms with Crippen LogP contribution in [0.15, 0.2) is 30.3 Å². The first-order valence-electron chi connectivity index (χ1n) is 11.4. The smallest absolute Gasteiger partial charge is 0.0232 e. The molecule has 1 heteroatoms. The van der Waals surface area contributed by atoms with Crippen LogP contribution in [-0.2, 0) is 0 Å². The molecule has 1 fully saturated rings. The number of benzene rings is 1. The third-order valence-electron chi connectivity index (χ3n) is 6.44. The molecule has 2 atom stereocenters. The maximum absolute atomic E-state index is 2.58. The Hall–Kier alpha value is -0.610. The van der Waals surface area contributed by atoms with Crippen LogP contribution in [0.3, 0.4) is 0 Å². The molecule has 0 bridgehead atoms. The van der Waals surface area contributed by atoms with Crippen LogP contribution in [0, 0.1) is 0 Å². The van der Waals surface area contributed by atoms with E-state index in [1.54, 1.807) is 5.56 Å². The van der Waals surface area contributed by atoms with Gasteiger partial charge in [0, 0.05) is 5.66 Å². The predicted molar refractivity (Wildman–Crippen MR) is 119 cm³/mol. The molecule has 2 unspecified atom stereocenters. The molecule has 2 aliphatic carbocycles. The molecule has 0 N–H and O–H groups in total. The van der Waals surface area contributed by atoms with Gasteiger partial charge in [-0.15, -0.1) is 0 Å². The number of fused-ring (bicyclic) bond motifs is 1. The molecule has 0 nitrogen and oxygen atoms in total. The van der Waals surface area contributed by atoms with E-state index in [4.69, 9.17) is 0 Å². The lowest BCUT2D eigenvalue weighted by atomic mass is 10.1. The lowest BCUT2D eigenvalue weighted by Gasteiger charge is -2.33. The zero-order valence-electron chi connectivity index (χ0n) is 17.0. The molecule has 3 rings (SSSR count). The minimum absolute atomic E-state index is 0.0770. The van der Waals surface area contributed by atoms with Crippen LogP contribution in [0.1, 0.15) is 107 Å². The molecule has 1 aromatic carbocycles. The van der Waals surface area contributed by atoms with Gasteiger partial charge in [0.05, 0.1) is 0 Å². The normalized spacial score (nSPS) is 23.3. The first-order valence-corrected chi connectivity index (χ1v) is 13.1. The highest BCUT2D eigenvalue weighted by Crippen LogP contribution is 2.61. The second kappa shape index (κ2) is 11.3. The van der Waals surface area contributed by atoms with Crippen LogP contribution in [0.4, 0.5) is 0 Å². The van der Waals surface area contributed by atoms with Crippen LogP contribution in [0.2, 0.25) is 0 Å². The monoisotopic (exact) mass is 370 g/mol. The van der Waals surface area contributed by atoms with Crippen molar-refractivity contribution in [1.82, 2.24) is 0 Å². The Balaban J connectivity index is 1.74. The minimum Gasteiger partial charge on any atom is -0.0918 e. The Bertz CT molecular complexity index is 535. The quantitative estimate of drug-likeness (QED) is 0.347. The van der Waals surface area contributed by atoms with Crippen molar-refractivity contribution >= 4 is 14.0 Å². The maximum Gasteiger partial charge on any atom is 0.0232 e. The van der Waals surface area contributed by atoms with E-state index in [0.29, 0.717) is 0 Å². The number of unbranched alkanes of at least 4 members (excludes halogenated alkanes) is 2. The van der Waals surface area contributed by atoms with Gasteiger partial charge in [-0.1, -0.05) is 115 Å². The summed E-state index contributed by atoms with van der Waals surface area (Å²) in [6, 6.07) is 9.21. The first kappa shape index (κ1) is 20.1. The summed E-state index contributed by atoms with van der Waals surface area (Å²) >= 11 is 0. The van der Waals surface area contributed by atoms with Gasteiger partial charge in [-0.3, -0.25) is 0 Å². The van der Waals surface area contributed by atoms with Crippen molar-refractivity contribution in [3.63, 3.8) is 0 Å². The van der Waals surface area contributed by atoms with Crippen LogP contribution >= 0.6 is 7.92 Å². The third-order valence-corrected chi connectivity index (χ3v) is 9.90. The zero-order chi connectivity index (χ0) is 18.0. The van der Waals surface area contributed by atoms with E-state index >= 15 is 0 Å². The summed E-state index contributed by atoms with van der Waals surface area (Å²) in [4.78, 5) is 0. The van der Waals surface area contributed by atoms with Gasteiger partial charge in [0.15, 0.2) is 0 Å². The van der Waals surface area contributed by atoms with E-state index in [1.807, 2.05) is 0 Å². The average Bonchev–Trinajstić information content (AvgIpc) is 3.06. The van der Waals surface area contributed by atoms with Crippen LogP contribution in [0.25, 0.3) is 6.08 Å². The van der Waals surface area contributed by atoms with Gasteiger partial charge in [0.1, 0.15) is 0 Å². The summed E-state index contributed by atoms with van der Waals surface area (Å²) in [5.41, 5.74) is 4.88. The maximum atomic E-state index is 2.58. The van der Waals surface area contributed by atoms with Crippen LogP contribution in [-0.4, -0.2) is 11.8 Å². The van der Waals surface area contributed by atoms with E-state index in [0.717, 1.165) is 11.3 Å². The van der Waals surface area contributed by atoms with Gasteiger partial charge in [0.2, 0.25) is 0 Å². The fraction of sp³-hybridized carbons (Fsp3) is 0.680. The lowest BCUT2D eigenvalue weighted by Crippen LogP contribution is -2.12. The Kier molecular flexibility index (Phi) is 8.74. The van der Waals surface area contributed by atoms with E-state index in [2.05, 4.69) is 43.3 Å². The largest absolute Gasteiger partial charge is 0.0918 e. The van der Waals surface area contributed by atoms with E-state index in [-0.39, 0.29) is 7.92 Å². The van der Waals surface area contributed by atoms with Crippen LogP contribution in [0.5, 0.6) is 0 Å². The van der Waals surface area contributed by atoms with Crippen molar-refractivity contribution in [2.24, 2.45) is 0 Å². The van der Waals surface area contributed by atoms with Crippen molar-refractivity contribution in [3.8, 4) is 0 Å². The van der Waals surface area contributed by atoms with Crippen molar-refractivity contribution in [1.29, 1.82) is 0 Å². The third kappa shape index (κ3) is 5.69. The highest BCUT2D eigenvalue weighted by molar-refractivity contribution is 7.59. The molecule has 0 aromatic heterocycles. The Morgan fingerprint density at radius 3 is 2.19 bits per heavy atom. The van der Waals surface area contributed by atoms with Gasteiger partial charge >= 0.3 is 0 Å². The van der Waals surface area contributed by atoms with Crippen molar-refractivity contribution in [2.45, 2.75) is 102 Å². The standard InChI is InChI=1S/C25H39P/c1-2-3-14-21-26(25-20-19-22-15-12-13-18-24(22)25)23-16-10-8-6-4-5-7-9-11-17-23/h12-13,15,18-20,23,25H,2-11,14,16-17,21H2,1H3. The summed E-state index contributed by atoms with van der Waals surface area (Å²) in [5, 5.41) is 0. The topological polar surface area (TPSA) is 0 Å². The molecule has 0 heterocycles. The van der Waals surface area contributed by atoms with Crippen molar-refractivity contribution in [3.05, 3.63) is 41.5 Å². The lowest BCUT2D eigenvalue weighted by molar-refractivity contribution is 0.585. The Morgan fingerprint density at radius 2 is 1.50 bits per heavy atom. The fourth-order valence-corrected chi connectivity index (χ4v) is 8.52. The van der Waals surface area contributed by atoms with E-state index in [1.165, 1.54) is 95.2 Å². The number of hydrogen-bond acceptors (Lipinski definition) is 0. The molecule has 26 heavy (non-hydrogen) atoms. The van der Waals surface area contributed by atoms with E-state index < -0.39 is 0 Å². The molecule has 1 aromatic rings. The fourth-order valence-electron chi connectivity index (χ4n) is 4.91. The summed E-state index contributed by atoms with van der Waals surface area (Å²) in [5.74, 6) is 0. The van der Waals surface area contributed by atoms with E-state index in [9.17, 15) is 0 Å². The molecule has 144 valence electrons. The molecule has 0 amide bonds. The SMILES string of the molecule is CCCCCP(C1CCCCCCCCCC1)C1C=Cc2ccccc21. The molecule has 0 radical (unpaired) electrons. The zero-order valence-corrected chi connectivity index (χ0v) is 17.9. The first-order chi connectivity index (χ1) is 12.9. The molecule has 0 spiro atoms. The molecule has 2 aliphatic rings. The number of hydrogen-bond donors (Lipinski definition) is 0. The average molecular weight is 371 g/mol. The van der Waals surface area contributed by atoms with Gasteiger partial charge < -0.3 is 0 Å². The van der Waals surface area contributed by atoms with Crippen molar-refractivity contribution in [2.75, 3.05) is 6.16 Å². The predicted octanol–water partition coefficient (Wildman–Crippen LogP) is 8.71. The number of allylic oxidation sites excluding steroid dienone is 1. The number of rotatable bonds is 6. The van der Waals surface area contributed by atoms with Gasteiger partial charge in [-0.05, 0) is 42.2 Å². The molecule has 0 saturated heterocycles. The molecular weight excluding hydrogens is 331 g/mol.